The maximum absolute atomic E-state index is 12.1. The van der Waals surface area contributed by atoms with E-state index in [2.05, 4.69) is 10.2 Å². The fraction of sp³-hybridized carbons (Fsp3) is 0.154. The molecule has 0 aliphatic carbocycles. The number of Topliss-reactive ketones (excluding diaryl/α,β-unsaturated/α-hetero) is 1. The quantitative estimate of drug-likeness (QED) is 0.513. The maximum atomic E-state index is 12.1. The van der Waals surface area contributed by atoms with Crippen molar-refractivity contribution in [1.29, 1.82) is 0 Å². The summed E-state index contributed by atoms with van der Waals surface area (Å²) < 4.78 is 1.70. The van der Waals surface area contributed by atoms with Crippen molar-refractivity contribution in [2.24, 2.45) is 0 Å². The largest absolute Gasteiger partial charge is 0.292 e. The van der Waals surface area contributed by atoms with E-state index in [4.69, 9.17) is 23.2 Å². The summed E-state index contributed by atoms with van der Waals surface area (Å²) in [5, 5.41) is 9.58. The minimum Gasteiger partial charge on any atom is -0.292 e. The summed E-state index contributed by atoms with van der Waals surface area (Å²) in [6.45, 7) is 1.98. The molecule has 0 unspecified atom stereocenters. The van der Waals surface area contributed by atoms with Crippen LogP contribution in [0.25, 0.3) is 5.65 Å². The standard InChI is InChI=1S/C13H9Cl2N3OS2/c1-7-2-3-11(21-7)10(19)6-20-13-17-16-12-9(15)4-8(14)5-18(12)13/h2-5H,6H2,1H3. The number of pyridine rings is 1. The van der Waals surface area contributed by atoms with Crippen LogP contribution in [0.1, 0.15) is 14.5 Å². The summed E-state index contributed by atoms with van der Waals surface area (Å²) in [6, 6.07) is 5.40. The minimum atomic E-state index is 0.0722. The number of carbonyl (C=O) groups excluding carboxylic acids is 1. The molecule has 3 heterocycles. The molecule has 108 valence electrons. The first-order chi connectivity index (χ1) is 10.0. The molecule has 0 fully saturated rings. The summed E-state index contributed by atoms with van der Waals surface area (Å²) >= 11 is 14.8. The van der Waals surface area contributed by atoms with Gasteiger partial charge in [-0.1, -0.05) is 35.0 Å². The lowest BCUT2D eigenvalue weighted by Crippen LogP contribution is -2.00. The fourth-order valence-corrected chi connectivity index (χ4v) is 3.98. The van der Waals surface area contributed by atoms with Crippen LogP contribution in [0.5, 0.6) is 0 Å². The third-order valence-corrected chi connectivity index (χ3v) is 5.21. The number of thiophene rings is 1. The van der Waals surface area contributed by atoms with E-state index >= 15 is 0 Å². The Balaban J connectivity index is 1.81. The Hall–Kier alpha value is -1.08. The summed E-state index contributed by atoms with van der Waals surface area (Å²) in [5.74, 6) is 0.369. The summed E-state index contributed by atoms with van der Waals surface area (Å²) in [7, 11) is 0. The number of hydrogen-bond acceptors (Lipinski definition) is 5. The van der Waals surface area contributed by atoms with Gasteiger partial charge in [0.2, 0.25) is 0 Å². The molecular weight excluding hydrogens is 349 g/mol. The lowest BCUT2D eigenvalue weighted by molar-refractivity contribution is 0.102. The average Bonchev–Trinajstić information content (AvgIpc) is 3.02. The maximum Gasteiger partial charge on any atom is 0.196 e. The van der Waals surface area contributed by atoms with Gasteiger partial charge in [0.15, 0.2) is 16.6 Å². The van der Waals surface area contributed by atoms with Crippen molar-refractivity contribution < 1.29 is 4.79 Å². The van der Waals surface area contributed by atoms with Crippen molar-refractivity contribution >= 4 is 57.7 Å². The van der Waals surface area contributed by atoms with Crippen molar-refractivity contribution in [3.63, 3.8) is 0 Å². The molecule has 0 saturated carbocycles. The highest BCUT2D eigenvalue weighted by atomic mass is 35.5. The highest BCUT2D eigenvalue weighted by Crippen LogP contribution is 2.26. The van der Waals surface area contributed by atoms with Gasteiger partial charge < -0.3 is 0 Å². The van der Waals surface area contributed by atoms with Crippen LogP contribution in [0.3, 0.4) is 0 Å². The number of nitrogens with zero attached hydrogens (tertiary/aromatic N) is 3. The number of ketones is 1. The van der Waals surface area contributed by atoms with Crippen molar-refractivity contribution in [1.82, 2.24) is 14.6 Å². The predicted octanol–water partition coefficient (Wildman–Crippen LogP) is 4.38. The predicted molar refractivity (Wildman–Crippen MR) is 87.1 cm³/mol. The molecule has 0 atom stereocenters. The van der Waals surface area contributed by atoms with E-state index < -0.39 is 0 Å². The highest BCUT2D eigenvalue weighted by Gasteiger charge is 2.14. The van der Waals surface area contributed by atoms with E-state index in [9.17, 15) is 4.79 Å². The van der Waals surface area contributed by atoms with Crippen molar-refractivity contribution in [3.05, 3.63) is 44.2 Å². The van der Waals surface area contributed by atoms with Crippen LogP contribution < -0.4 is 0 Å². The fourth-order valence-electron chi connectivity index (χ4n) is 1.79. The molecule has 3 aromatic heterocycles. The number of fused-ring (bicyclic) bond motifs is 1. The topological polar surface area (TPSA) is 47.3 Å². The molecule has 3 aromatic rings. The van der Waals surface area contributed by atoms with Crippen LogP contribution in [0.15, 0.2) is 29.6 Å². The van der Waals surface area contributed by atoms with Gasteiger partial charge in [0.25, 0.3) is 0 Å². The van der Waals surface area contributed by atoms with E-state index in [1.165, 1.54) is 23.1 Å². The van der Waals surface area contributed by atoms with Gasteiger partial charge in [-0.05, 0) is 25.1 Å². The van der Waals surface area contributed by atoms with Crippen LogP contribution in [0.2, 0.25) is 10.0 Å². The summed E-state index contributed by atoms with van der Waals surface area (Å²) in [6.07, 6.45) is 1.69. The Morgan fingerprint density at radius 2 is 2.19 bits per heavy atom. The smallest absolute Gasteiger partial charge is 0.196 e. The molecule has 0 saturated heterocycles. The van der Waals surface area contributed by atoms with E-state index in [0.29, 0.717) is 26.6 Å². The van der Waals surface area contributed by atoms with Crippen molar-refractivity contribution in [3.8, 4) is 0 Å². The molecule has 0 spiro atoms. The molecule has 3 rings (SSSR count). The number of aryl methyl sites for hydroxylation is 1. The molecule has 21 heavy (non-hydrogen) atoms. The van der Waals surface area contributed by atoms with Gasteiger partial charge in [0.1, 0.15) is 0 Å². The summed E-state index contributed by atoms with van der Waals surface area (Å²) in [4.78, 5) is 14.0. The van der Waals surface area contributed by atoms with Crippen molar-refractivity contribution in [2.45, 2.75) is 12.1 Å². The minimum absolute atomic E-state index is 0.0722. The first-order valence-electron chi connectivity index (χ1n) is 5.97. The van der Waals surface area contributed by atoms with E-state index in [1.807, 2.05) is 19.1 Å². The van der Waals surface area contributed by atoms with E-state index in [0.717, 1.165) is 9.75 Å². The Kier molecular flexibility index (Phi) is 4.21. The SMILES string of the molecule is Cc1ccc(C(=O)CSc2nnc3c(Cl)cc(Cl)cn23)s1. The first-order valence-corrected chi connectivity index (χ1v) is 8.52. The monoisotopic (exact) mass is 357 g/mol. The zero-order chi connectivity index (χ0) is 15.0. The Bertz CT molecular complexity index is 828. The zero-order valence-corrected chi connectivity index (χ0v) is 14.0. The van der Waals surface area contributed by atoms with Crippen LogP contribution in [0, 0.1) is 6.92 Å². The van der Waals surface area contributed by atoms with Gasteiger partial charge >= 0.3 is 0 Å². The third kappa shape index (κ3) is 3.08. The molecule has 0 aliphatic rings. The van der Waals surface area contributed by atoms with Gasteiger partial charge in [0, 0.05) is 11.1 Å². The average molecular weight is 358 g/mol. The third-order valence-electron chi connectivity index (χ3n) is 2.74. The molecule has 4 nitrogen and oxygen atoms in total. The van der Waals surface area contributed by atoms with E-state index in [-0.39, 0.29) is 5.78 Å². The second kappa shape index (κ2) is 5.96. The van der Waals surface area contributed by atoms with Crippen LogP contribution in [-0.4, -0.2) is 26.1 Å². The van der Waals surface area contributed by atoms with Crippen molar-refractivity contribution in [2.75, 3.05) is 5.75 Å². The van der Waals surface area contributed by atoms with Gasteiger partial charge in [0.05, 0.1) is 20.7 Å². The van der Waals surface area contributed by atoms with Crippen LogP contribution >= 0.6 is 46.3 Å². The summed E-state index contributed by atoms with van der Waals surface area (Å²) in [5.41, 5.74) is 0.531. The van der Waals surface area contributed by atoms with Crippen LogP contribution in [0.4, 0.5) is 0 Å². The number of rotatable bonds is 4. The first kappa shape index (κ1) is 14.8. The lowest BCUT2D eigenvalue weighted by Gasteiger charge is -2.01. The van der Waals surface area contributed by atoms with Gasteiger partial charge in [-0.3, -0.25) is 9.20 Å². The number of carbonyl (C=O) groups is 1. The lowest BCUT2D eigenvalue weighted by atomic mass is 10.3. The molecule has 0 aromatic carbocycles. The molecular formula is C13H9Cl2N3OS2. The Morgan fingerprint density at radius 1 is 1.38 bits per heavy atom. The van der Waals surface area contributed by atoms with Gasteiger partial charge in [-0.25, -0.2) is 0 Å². The normalized spacial score (nSPS) is 11.2. The highest BCUT2D eigenvalue weighted by molar-refractivity contribution is 7.99. The number of hydrogen-bond donors (Lipinski definition) is 0. The van der Waals surface area contributed by atoms with Crippen LogP contribution in [-0.2, 0) is 0 Å². The molecule has 0 radical (unpaired) electrons. The Labute approximate surface area is 139 Å². The number of aromatic nitrogens is 3. The van der Waals surface area contributed by atoms with E-state index in [1.54, 1.807) is 16.7 Å². The molecule has 0 aliphatic heterocycles. The Morgan fingerprint density at radius 3 is 2.90 bits per heavy atom. The second-order valence-electron chi connectivity index (χ2n) is 4.30. The van der Waals surface area contributed by atoms with Gasteiger partial charge in [-0.2, -0.15) is 0 Å². The molecule has 8 heteroatoms. The second-order valence-corrected chi connectivity index (χ2v) is 7.38. The number of halogens is 2. The van der Waals surface area contributed by atoms with Gasteiger partial charge in [-0.15, -0.1) is 21.5 Å². The zero-order valence-electron chi connectivity index (χ0n) is 10.8. The molecule has 0 N–H and O–H groups in total. The molecule has 0 bridgehead atoms. The number of thioether (sulfide) groups is 1. The molecule has 0 amide bonds.